The van der Waals surface area contributed by atoms with Crippen LogP contribution < -0.4 is 9.46 Å². The van der Waals surface area contributed by atoms with E-state index in [9.17, 15) is 8.42 Å². The van der Waals surface area contributed by atoms with Crippen molar-refractivity contribution in [3.63, 3.8) is 0 Å². The predicted molar refractivity (Wildman–Crippen MR) is 129 cm³/mol. The summed E-state index contributed by atoms with van der Waals surface area (Å²) in [7, 11) is -3.67. The van der Waals surface area contributed by atoms with Gasteiger partial charge in [-0.25, -0.2) is 8.42 Å². The Balaban J connectivity index is 0.00000121. The second-order valence-electron chi connectivity index (χ2n) is 6.03. The molecule has 1 N–H and O–H groups in total. The Hall–Kier alpha value is -3.55. The molecule has 7 heteroatoms. The topological polar surface area (TPSA) is 103 Å². The zero-order valence-electron chi connectivity index (χ0n) is 19.5. The van der Waals surface area contributed by atoms with E-state index in [-0.39, 0.29) is 21.8 Å². The largest absolute Gasteiger partial charge is 0.455 e. The first kappa shape index (κ1) is 28.5. The number of rotatable bonds is 6. The minimum absolute atomic E-state index is 0.0788. The van der Waals surface area contributed by atoms with Gasteiger partial charge in [0.05, 0.1) is 16.0 Å². The van der Waals surface area contributed by atoms with E-state index >= 15 is 0 Å². The first-order valence-corrected chi connectivity index (χ1v) is 11.8. The fourth-order valence-corrected chi connectivity index (χ4v) is 3.35. The molecule has 0 radical (unpaired) electrons. The van der Waals surface area contributed by atoms with Gasteiger partial charge in [0, 0.05) is 5.70 Å². The molecular formula is C25H31N3O3S. The lowest BCUT2D eigenvalue weighted by Gasteiger charge is -2.11. The summed E-state index contributed by atoms with van der Waals surface area (Å²) in [5.74, 6) is 0.465. The highest BCUT2D eigenvalue weighted by molar-refractivity contribution is 7.89. The number of hydrogen-bond donors (Lipinski definition) is 1. The Morgan fingerprint density at radius 3 is 1.94 bits per heavy atom. The van der Waals surface area contributed by atoms with Gasteiger partial charge < -0.3 is 4.74 Å². The standard InChI is InChI=1S/C18H15N3O3S.C5H10.C2H6/c1-3-13(2)21-25(22,23)17-9-7-16(8-10-17)24-18-14(11-19)5-4-6-15(18)12-20;1-3-5-4-2;1-2/h3-10,21H,1-2H3;3,5H,4H2,1-2H3;1-2H3/b13-3+;5-3-;. The third-order valence-corrected chi connectivity index (χ3v) is 5.29. The van der Waals surface area contributed by atoms with Crippen molar-refractivity contribution in [1.82, 2.24) is 4.72 Å². The van der Waals surface area contributed by atoms with Gasteiger partial charge >= 0.3 is 0 Å². The molecule has 0 saturated carbocycles. The summed E-state index contributed by atoms with van der Waals surface area (Å²) in [4.78, 5) is 0.0788. The minimum atomic E-state index is -3.67. The molecule has 170 valence electrons. The number of nitrogens with one attached hydrogen (secondary N) is 1. The highest BCUT2D eigenvalue weighted by Crippen LogP contribution is 2.29. The van der Waals surface area contributed by atoms with Crippen LogP contribution in [-0.2, 0) is 10.0 Å². The van der Waals surface area contributed by atoms with E-state index in [2.05, 4.69) is 23.8 Å². The Kier molecular flexibility index (Phi) is 13.6. The van der Waals surface area contributed by atoms with Crippen LogP contribution in [0.5, 0.6) is 11.5 Å². The van der Waals surface area contributed by atoms with Crippen LogP contribution in [-0.4, -0.2) is 8.42 Å². The minimum Gasteiger partial charge on any atom is -0.455 e. The molecule has 0 aliphatic carbocycles. The van der Waals surface area contributed by atoms with Crippen LogP contribution in [0, 0.1) is 22.7 Å². The number of ether oxygens (including phenoxy) is 1. The zero-order valence-corrected chi connectivity index (χ0v) is 20.3. The average Bonchev–Trinajstić information content (AvgIpc) is 2.81. The monoisotopic (exact) mass is 453 g/mol. The van der Waals surface area contributed by atoms with E-state index in [1.54, 1.807) is 38.1 Å². The van der Waals surface area contributed by atoms with Crippen LogP contribution in [0.15, 0.2) is 71.3 Å². The van der Waals surface area contributed by atoms with Gasteiger partial charge in [0.15, 0.2) is 5.75 Å². The normalized spacial score (nSPS) is 10.6. The van der Waals surface area contributed by atoms with Gasteiger partial charge in [-0.1, -0.05) is 45.1 Å². The molecule has 0 fully saturated rings. The van der Waals surface area contributed by atoms with Crippen molar-refractivity contribution in [3.05, 3.63) is 77.5 Å². The molecule has 2 aromatic carbocycles. The lowest BCUT2D eigenvalue weighted by molar-refractivity contribution is 0.479. The van der Waals surface area contributed by atoms with E-state index in [4.69, 9.17) is 15.3 Å². The van der Waals surface area contributed by atoms with Gasteiger partial charge in [0.1, 0.15) is 17.9 Å². The first-order chi connectivity index (χ1) is 15.3. The summed E-state index contributed by atoms with van der Waals surface area (Å²) >= 11 is 0. The fourth-order valence-electron chi connectivity index (χ4n) is 2.19. The van der Waals surface area contributed by atoms with Crippen LogP contribution >= 0.6 is 0 Å². The third kappa shape index (κ3) is 9.07. The van der Waals surface area contributed by atoms with Gasteiger partial charge in [0.25, 0.3) is 10.0 Å². The molecule has 6 nitrogen and oxygen atoms in total. The van der Waals surface area contributed by atoms with E-state index in [1.807, 2.05) is 32.9 Å². The van der Waals surface area contributed by atoms with Crippen molar-refractivity contribution in [2.45, 2.75) is 52.9 Å². The van der Waals surface area contributed by atoms with Gasteiger partial charge in [-0.15, -0.1) is 0 Å². The molecule has 32 heavy (non-hydrogen) atoms. The molecule has 0 heterocycles. The predicted octanol–water partition coefficient (Wildman–Crippen LogP) is 6.42. The van der Waals surface area contributed by atoms with Crippen molar-refractivity contribution in [2.75, 3.05) is 0 Å². The number of sulfonamides is 1. The van der Waals surface area contributed by atoms with Crippen molar-refractivity contribution in [3.8, 4) is 23.6 Å². The number of benzene rings is 2. The molecule has 0 unspecified atom stereocenters. The second-order valence-corrected chi connectivity index (χ2v) is 7.72. The van der Waals surface area contributed by atoms with E-state index in [1.165, 1.54) is 24.3 Å². The van der Waals surface area contributed by atoms with Gasteiger partial charge in [-0.05, 0) is 63.6 Å². The molecule has 2 aromatic rings. The highest BCUT2D eigenvalue weighted by Gasteiger charge is 2.15. The van der Waals surface area contributed by atoms with Crippen LogP contribution in [0.3, 0.4) is 0 Å². The SMILES string of the molecule is C/C=C(\C)NS(=O)(=O)c1ccc(Oc2c(C#N)cccc2C#N)cc1.C/C=C\CC.CC. The lowest BCUT2D eigenvalue weighted by atomic mass is 10.1. The van der Waals surface area contributed by atoms with Crippen LogP contribution in [0.25, 0.3) is 0 Å². The second kappa shape index (κ2) is 15.3. The first-order valence-electron chi connectivity index (χ1n) is 10.3. The Morgan fingerprint density at radius 1 is 1.03 bits per heavy atom. The van der Waals surface area contributed by atoms with E-state index in [0.29, 0.717) is 11.4 Å². The van der Waals surface area contributed by atoms with Crippen molar-refractivity contribution >= 4 is 10.0 Å². The molecule has 2 rings (SSSR count). The van der Waals surface area contributed by atoms with Crippen LogP contribution in [0.1, 0.15) is 59.1 Å². The molecule has 0 aliphatic rings. The Labute approximate surface area is 192 Å². The molecule has 0 saturated heterocycles. The van der Waals surface area contributed by atoms with E-state index in [0.717, 1.165) is 6.42 Å². The molecular weight excluding hydrogens is 422 g/mol. The average molecular weight is 454 g/mol. The molecule has 0 amide bonds. The molecule has 0 spiro atoms. The number of nitriles is 2. The molecule has 0 aliphatic heterocycles. The summed E-state index contributed by atoms with van der Waals surface area (Å²) in [5.41, 5.74) is 0.962. The maximum absolute atomic E-state index is 12.2. The molecule has 0 bridgehead atoms. The summed E-state index contributed by atoms with van der Waals surface area (Å²) in [6, 6.07) is 14.3. The number of hydrogen-bond acceptors (Lipinski definition) is 5. The van der Waals surface area contributed by atoms with Gasteiger partial charge in [-0.2, -0.15) is 10.5 Å². The van der Waals surface area contributed by atoms with Crippen molar-refractivity contribution < 1.29 is 13.2 Å². The van der Waals surface area contributed by atoms with Crippen LogP contribution in [0.2, 0.25) is 0 Å². The zero-order chi connectivity index (χ0) is 24.6. The number of nitrogens with zero attached hydrogens (tertiary/aromatic N) is 2. The van der Waals surface area contributed by atoms with E-state index < -0.39 is 10.0 Å². The Morgan fingerprint density at radius 2 is 1.56 bits per heavy atom. The lowest BCUT2D eigenvalue weighted by Crippen LogP contribution is -2.21. The van der Waals surface area contributed by atoms with Gasteiger partial charge in [0.2, 0.25) is 0 Å². The Bertz CT molecular complexity index is 1060. The highest BCUT2D eigenvalue weighted by atomic mass is 32.2. The maximum atomic E-state index is 12.2. The third-order valence-electron chi connectivity index (χ3n) is 3.81. The fraction of sp³-hybridized carbons (Fsp3) is 0.280. The summed E-state index contributed by atoms with van der Waals surface area (Å²) < 4.78 is 32.4. The number of para-hydroxylation sites is 1. The van der Waals surface area contributed by atoms with Gasteiger partial charge in [-0.3, -0.25) is 4.72 Å². The summed E-state index contributed by atoms with van der Waals surface area (Å²) in [6.45, 7) is 11.5. The molecule has 0 atom stereocenters. The summed E-state index contributed by atoms with van der Waals surface area (Å²) in [5, 5.41) is 18.3. The number of allylic oxidation sites excluding steroid dienone is 4. The maximum Gasteiger partial charge on any atom is 0.261 e. The smallest absolute Gasteiger partial charge is 0.261 e. The van der Waals surface area contributed by atoms with Crippen molar-refractivity contribution in [1.29, 1.82) is 10.5 Å². The van der Waals surface area contributed by atoms with Crippen LogP contribution in [0.4, 0.5) is 0 Å². The van der Waals surface area contributed by atoms with Crippen molar-refractivity contribution in [2.24, 2.45) is 0 Å². The molecule has 0 aromatic heterocycles. The summed E-state index contributed by atoms with van der Waals surface area (Å²) in [6.07, 6.45) is 6.99. The quantitative estimate of drug-likeness (QED) is 0.508.